The normalized spacial score (nSPS) is 12.7. The minimum absolute atomic E-state index is 0.122. The Labute approximate surface area is 112 Å². The van der Waals surface area contributed by atoms with Crippen LogP contribution in [0.4, 0.5) is 0 Å². The molecular formula is C12H22N4OS. The summed E-state index contributed by atoms with van der Waals surface area (Å²) in [6, 6.07) is 0.532. The highest BCUT2D eigenvalue weighted by Gasteiger charge is 2.11. The maximum absolute atomic E-state index is 11.8. The lowest BCUT2D eigenvalue weighted by atomic mass is 10.2. The molecule has 0 radical (unpaired) electrons. The number of nitrogens with zero attached hydrogens (tertiary/aromatic N) is 2. The van der Waals surface area contributed by atoms with Gasteiger partial charge in [0.15, 0.2) is 0 Å². The van der Waals surface area contributed by atoms with Gasteiger partial charge in [0.25, 0.3) is 5.91 Å². The van der Waals surface area contributed by atoms with Crippen LogP contribution < -0.4 is 11.1 Å². The summed E-state index contributed by atoms with van der Waals surface area (Å²) in [4.78, 5) is 18.1. The number of carbonyl (C=O) groups excluding carboxylic acids is 1. The fourth-order valence-corrected chi connectivity index (χ4v) is 2.13. The van der Waals surface area contributed by atoms with E-state index in [1.54, 1.807) is 5.38 Å². The molecule has 1 aromatic rings. The second kappa shape index (κ2) is 7.45. The molecule has 1 aromatic heterocycles. The van der Waals surface area contributed by atoms with Gasteiger partial charge in [0.2, 0.25) is 0 Å². The van der Waals surface area contributed by atoms with Gasteiger partial charge in [-0.3, -0.25) is 4.79 Å². The summed E-state index contributed by atoms with van der Waals surface area (Å²) in [5.41, 5.74) is 5.93. The minimum Gasteiger partial charge on any atom is -0.349 e. The first-order valence-electron chi connectivity index (χ1n) is 6.21. The molecule has 102 valence electrons. The van der Waals surface area contributed by atoms with Crippen molar-refractivity contribution in [1.29, 1.82) is 0 Å². The van der Waals surface area contributed by atoms with Crippen LogP contribution in [0.3, 0.4) is 0 Å². The molecule has 6 heteroatoms. The van der Waals surface area contributed by atoms with Gasteiger partial charge in [-0.2, -0.15) is 0 Å². The van der Waals surface area contributed by atoms with Gasteiger partial charge < -0.3 is 16.0 Å². The maximum Gasteiger partial charge on any atom is 0.270 e. The first-order valence-corrected chi connectivity index (χ1v) is 7.09. The predicted molar refractivity (Wildman–Crippen MR) is 74.7 cm³/mol. The second-order valence-corrected chi connectivity index (χ2v) is 5.27. The van der Waals surface area contributed by atoms with Crippen LogP contribution in [0.1, 0.15) is 35.8 Å². The third kappa shape index (κ3) is 4.36. The monoisotopic (exact) mass is 270 g/mol. The summed E-state index contributed by atoms with van der Waals surface area (Å²) >= 11 is 1.42. The zero-order valence-electron chi connectivity index (χ0n) is 11.3. The molecule has 0 fully saturated rings. The van der Waals surface area contributed by atoms with Crippen molar-refractivity contribution in [2.45, 2.75) is 32.9 Å². The van der Waals surface area contributed by atoms with Gasteiger partial charge in [0, 0.05) is 31.1 Å². The topological polar surface area (TPSA) is 71.2 Å². The lowest BCUT2D eigenvalue weighted by Crippen LogP contribution is -2.37. The molecule has 0 aliphatic rings. The number of aromatic nitrogens is 1. The largest absolute Gasteiger partial charge is 0.349 e. The lowest BCUT2D eigenvalue weighted by Gasteiger charge is -2.23. The molecule has 3 N–H and O–H groups in total. The third-order valence-corrected chi connectivity index (χ3v) is 3.92. The van der Waals surface area contributed by atoms with E-state index in [-0.39, 0.29) is 5.91 Å². The lowest BCUT2D eigenvalue weighted by molar-refractivity contribution is 0.0943. The second-order valence-electron chi connectivity index (χ2n) is 4.32. The Hall–Kier alpha value is -0.980. The summed E-state index contributed by atoms with van der Waals surface area (Å²) in [6.45, 7) is 6.19. The average Bonchev–Trinajstić information content (AvgIpc) is 2.86. The summed E-state index contributed by atoms with van der Waals surface area (Å²) in [5.74, 6) is -0.122. The summed E-state index contributed by atoms with van der Waals surface area (Å²) in [5, 5.41) is 5.40. The molecule has 5 nitrogen and oxygen atoms in total. The maximum atomic E-state index is 11.8. The molecule has 1 amide bonds. The predicted octanol–water partition coefficient (Wildman–Crippen LogP) is 1.06. The summed E-state index contributed by atoms with van der Waals surface area (Å²) in [7, 11) is 2.07. The molecule has 0 saturated heterocycles. The summed E-state index contributed by atoms with van der Waals surface area (Å²) < 4.78 is 0. The molecule has 0 spiro atoms. The van der Waals surface area contributed by atoms with Crippen molar-refractivity contribution in [2.75, 3.05) is 20.1 Å². The number of hydrogen-bond donors (Lipinski definition) is 2. The molecule has 0 aliphatic heterocycles. The highest BCUT2D eigenvalue weighted by Crippen LogP contribution is 2.08. The highest BCUT2D eigenvalue weighted by molar-refractivity contribution is 7.09. The average molecular weight is 270 g/mol. The number of carbonyl (C=O) groups is 1. The van der Waals surface area contributed by atoms with Crippen molar-refractivity contribution in [3.8, 4) is 0 Å². The Morgan fingerprint density at radius 2 is 2.39 bits per heavy atom. The number of hydrogen-bond acceptors (Lipinski definition) is 5. The van der Waals surface area contributed by atoms with Gasteiger partial charge >= 0.3 is 0 Å². The number of nitrogens with one attached hydrogen (secondary N) is 1. The van der Waals surface area contributed by atoms with Crippen molar-refractivity contribution in [2.24, 2.45) is 5.73 Å². The van der Waals surface area contributed by atoms with Crippen molar-refractivity contribution >= 4 is 17.2 Å². The van der Waals surface area contributed by atoms with E-state index >= 15 is 0 Å². The van der Waals surface area contributed by atoms with Gasteiger partial charge in [0.1, 0.15) is 10.7 Å². The first-order chi connectivity index (χ1) is 8.58. The zero-order valence-corrected chi connectivity index (χ0v) is 12.1. The Morgan fingerprint density at radius 3 is 2.94 bits per heavy atom. The van der Waals surface area contributed by atoms with E-state index in [4.69, 9.17) is 5.73 Å². The molecule has 1 atom stereocenters. The molecule has 0 bridgehead atoms. The molecule has 0 saturated carbocycles. The molecule has 18 heavy (non-hydrogen) atoms. The van der Waals surface area contributed by atoms with Crippen LogP contribution in [0.2, 0.25) is 0 Å². The fourth-order valence-electron chi connectivity index (χ4n) is 1.48. The van der Waals surface area contributed by atoms with E-state index in [2.05, 4.69) is 36.1 Å². The summed E-state index contributed by atoms with van der Waals surface area (Å²) in [6.07, 6.45) is 1.11. The van der Waals surface area contributed by atoms with E-state index in [0.717, 1.165) is 18.0 Å². The molecule has 1 unspecified atom stereocenters. The smallest absolute Gasteiger partial charge is 0.270 e. The number of nitrogens with two attached hydrogens (primary N) is 1. The molecular weight excluding hydrogens is 248 g/mol. The number of likely N-dealkylation sites (N-methyl/N-ethyl adjacent to an activating group) is 1. The van der Waals surface area contributed by atoms with E-state index in [9.17, 15) is 4.79 Å². The Bertz CT molecular complexity index is 380. The third-order valence-electron chi connectivity index (χ3n) is 3.05. The molecule has 1 rings (SSSR count). The van der Waals surface area contributed by atoms with Crippen LogP contribution >= 0.6 is 11.3 Å². The quantitative estimate of drug-likeness (QED) is 0.777. The van der Waals surface area contributed by atoms with Crippen LogP contribution in [0, 0.1) is 0 Å². The van der Waals surface area contributed by atoms with E-state index in [1.807, 2.05) is 0 Å². The minimum atomic E-state index is -0.122. The van der Waals surface area contributed by atoms with Crippen molar-refractivity contribution in [3.05, 3.63) is 16.1 Å². The van der Waals surface area contributed by atoms with Crippen molar-refractivity contribution in [3.63, 3.8) is 0 Å². The molecule has 1 heterocycles. The van der Waals surface area contributed by atoms with Crippen molar-refractivity contribution < 1.29 is 4.79 Å². The van der Waals surface area contributed by atoms with Gasteiger partial charge in [-0.1, -0.05) is 6.92 Å². The Kier molecular flexibility index (Phi) is 6.24. The van der Waals surface area contributed by atoms with Gasteiger partial charge in [-0.15, -0.1) is 11.3 Å². The fraction of sp³-hybridized carbons (Fsp3) is 0.667. The SMILES string of the molecule is CCC(C)N(C)CCNC(=O)c1csc(CN)n1. The van der Waals surface area contributed by atoms with E-state index in [1.165, 1.54) is 11.3 Å². The van der Waals surface area contributed by atoms with Crippen LogP contribution in [0.15, 0.2) is 5.38 Å². The van der Waals surface area contributed by atoms with Gasteiger partial charge in [-0.05, 0) is 20.4 Å². The highest BCUT2D eigenvalue weighted by atomic mass is 32.1. The van der Waals surface area contributed by atoms with E-state index in [0.29, 0.717) is 24.8 Å². The van der Waals surface area contributed by atoms with Crippen LogP contribution in [0.25, 0.3) is 0 Å². The van der Waals surface area contributed by atoms with Crippen LogP contribution in [-0.2, 0) is 6.54 Å². The van der Waals surface area contributed by atoms with Gasteiger partial charge in [0.05, 0.1) is 0 Å². The number of amides is 1. The number of thiazole rings is 1. The van der Waals surface area contributed by atoms with E-state index < -0.39 is 0 Å². The van der Waals surface area contributed by atoms with Gasteiger partial charge in [-0.25, -0.2) is 4.98 Å². The Balaban J connectivity index is 2.33. The molecule has 0 aromatic carbocycles. The standard InChI is InChI=1S/C12H22N4OS/c1-4-9(2)16(3)6-5-14-12(17)10-8-18-11(7-13)15-10/h8-9H,4-7,13H2,1-3H3,(H,14,17). The van der Waals surface area contributed by atoms with Crippen LogP contribution in [0.5, 0.6) is 0 Å². The van der Waals surface area contributed by atoms with Crippen molar-refractivity contribution in [1.82, 2.24) is 15.2 Å². The number of rotatable bonds is 7. The Morgan fingerprint density at radius 1 is 1.67 bits per heavy atom. The molecule has 0 aliphatic carbocycles. The first kappa shape index (κ1) is 15.1. The van der Waals surface area contributed by atoms with Crippen LogP contribution in [-0.4, -0.2) is 42.0 Å². The zero-order chi connectivity index (χ0) is 13.5.